The summed E-state index contributed by atoms with van der Waals surface area (Å²) in [5.74, 6) is 2.42. The van der Waals surface area contributed by atoms with E-state index in [1.54, 1.807) is 0 Å². The summed E-state index contributed by atoms with van der Waals surface area (Å²) in [4.78, 5) is 16.0. The number of hydrogen-bond donors (Lipinski definition) is 1. The fraction of sp³-hybridized carbons (Fsp3) is 0.692. The van der Waals surface area contributed by atoms with Crippen molar-refractivity contribution >= 4 is 5.91 Å². The van der Waals surface area contributed by atoms with E-state index in [1.165, 1.54) is 24.4 Å². The average Bonchev–Trinajstić information content (AvgIpc) is 3.19. The van der Waals surface area contributed by atoms with Crippen LogP contribution in [0.15, 0.2) is 6.20 Å². The molecule has 1 heterocycles. The molecule has 1 aromatic rings. The van der Waals surface area contributed by atoms with Crippen molar-refractivity contribution in [1.82, 2.24) is 14.9 Å². The maximum absolute atomic E-state index is 11.5. The molecule has 2 aliphatic carbocycles. The van der Waals surface area contributed by atoms with E-state index in [4.69, 9.17) is 0 Å². The number of aromatic nitrogens is 2. The zero-order valence-electron chi connectivity index (χ0n) is 10.3. The van der Waals surface area contributed by atoms with Crippen LogP contribution >= 0.6 is 0 Å². The standard InChI is InChI=1S/C13H19N3O/c1-9-8-15-12(10-2-3-10)16(9)7-6-14-13(17)11-4-5-11/h8,10-11H,2-7H2,1H3,(H,14,17). The molecule has 0 aromatic carbocycles. The van der Waals surface area contributed by atoms with Crippen LogP contribution in [-0.4, -0.2) is 22.0 Å². The molecular formula is C13H19N3O. The molecule has 2 aliphatic rings. The number of aryl methyl sites for hydroxylation is 1. The Morgan fingerprint density at radius 1 is 1.47 bits per heavy atom. The highest BCUT2D eigenvalue weighted by molar-refractivity contribution is 5.80. The summed E-state index contributed by atoms with van der Waals surface area (Å²) >= 11 is 0. The number of nitrogens with one attached hydrogen (secondary N) is 1. The number of hydrogen-bond acceptors (Lipinski definition) is 2. The minimum absolute atomic E-state index is 0.232. The molecule has 0 bridgehead atoms. The number of carbonyl (C=O) groups is 1. The van der Waals surface area contributed by atoms with Crippen molar-refractivity contribution in [3.05, 3.63) is 17.7 Å². The molecule has 0 atom stereocenters. The quantitative estimate of drug-likeness (QED) is 0.839. The van der Waals surface area contributed by atoms with Crippen molar-refractivity contribution in [2.24, 2.45) is 5.92 Å². The highest BCUT2D eigenvalue weighted by Gasteiger charge is 2.30. The summed E-state index contributed by atoms with van der Waals surface area (Å²) in [6.45, 7) is 3.67. The minimum atomic E-state index is 0.232. The molecule has 17 heavy (non-hydrogen) atoms. The topological polar surface area (TPSA) is 46.9 Å². The second-order valence-corrected chi connectivity index (χ2v) is 5.25. The Bertz CT molecular complexity index is 430. The van der Waals surface area contributed by atoms with Crippen molar-refractivity contribution in [2.75, 3.05) is 6.54 Å². The Balaban J connectivity index is 1.56. The molecule has 0 spiro atoms. The van der Waals surface area contributed by atoms with Crippen LogP contribution in [0.1, 0.15) is 43.1 Å². The zero-order chi connectivity index (χ0) is 11.8. The predicted octanol–water partition coefficient (Wildman–Crippen LogP) is 1.60. The van der Waals surface area contributed by atoms with Gasteiger partial charge in [-0.15, -0.1) is 0 Å². The highest BCUT2D eigenvalue weighted by Crippen LogP contribution is 2.39. The van der Waals surface area contributed by atoms with Crippen molar-refractivity contribution in [3.8, 4) is 0 Å². The van der Waals surface area contributed by atoms with E-state index in [0.29, 0.717) is 11.8 Å². The van der Waals surface area contributed by atoms with E-state index in [-0.39, 0.29) is 5.91 Å². The number of amides is 1. The van der Waals surface area contributed by atoms with Gasteiger partial charge in [0.25, 0.3) is 0 Å². The third-order valence-corrected chi connectivity index (χ3v) is 3.61. The smallest absolute Gasteiger partial charge is 0.223 e. The molecule has 3 rings (SSSR count). The molecule has 0 radical (unpaired) electrons. The third kappa shape index (κ3) is 2.35. The van der Waals surface area contributed by atoms with Gasteiger partial charge in [-0.2, -0.15) is 0 Å². The largest absolute Gasteiger partial charge is 0.354 e. The van der Waals surface area contributed by atoms with Gasteiger partial charge in [0.2, 0.25) is 5.91 Å². The number of carbonyl (C=O) groups excluding carboxylic acids is 1. The number of rotatable bonds is 5. The maximum atomic E-state index is 11.5. The van der Waals surface area contributed by atoms with Crippen LogP contribution in [0.2, 0.25) is 0 Å². The fourth-order valence-corrected chi connectivity index (χ4v) is 2.22. The predicted molar refractivity (Wildman–Crippen MR) is 64.7 cm³/mol. The first kappa shape index (κ1) is 10.8. The van der Waals surface area contributed by atoms with Crippen molar-refractivity contribution in [3.63, 3.8) is 0 Å². The Labute approximate surface area is 101 Å². The molecule has 1 amide bonds. The maximum Gasteiger partial charge on any atom is 0.223 e. The summed E-state index contributed by atoms with van der Waals surface area (Å²) in [7, 11) is 0. The Morgan fingerprint density at radius 2 is 2.24 bits per heavy atom. The van der Waals surface area contributed by atoms with E-state index in [0.717, 1.165) is 25.9 Å². The van der Waals surface area contributed by atoms with Gasteiger partial charge < -0.3 is 9.88 Å². The molecule has 4 nitrogen and oxygen atoms in total. The second kappa shape index (κ2) is 4.17. The van der Waals surface area contributed by atoms with Crippen molar-refractivity contribution in [1.29, 1.82) is 0 Å². The van der Waals surface area contributed by atoms with Gasteiger partial charge in [-0.05, 0) is 32.6 Å². The zero-order valence-corrected chi connectivity index (χ0v) is 10.3. The van der Waals surface area contributed by atoms with Crippen molar-refractivity contribution < 1.29 is 4.79 Å². The lowest BCUT2D eigenvalue weighted by Gasteiger charge is -2.10. The van der Waals surface area contributed by atoms with E-state index in [1.807, 2.05) is 6.20 Å². The van der Waals surface area contributed by atoms with Crippen LogP contribution < -0.4 is 5.32 Å². The number of imidazole rings is 1. The first-order valence-corrected chi connectivity index (χ1v) is 6.55. The molecule has 0 aliphatic heterocycles. The molecule has 92 valence electrons. The van der Waals surface area contributed by atoms with Crippen LogP contribution in [0.25, 0.3) is 0 Å². The molecule has 2 saturated carbocycles. The van der Waals surface area contributed by atoms with Crippen LogP contribution in [0.3, 0.4) is 0 Å². The first-order chi connectivity index (χ1) is 8.25. The molecule has 1 N–H and O–H groups in total. The van der Waals surface area contributed by atoms with Gasteiger partial charge in [0.1, 0.15) is 5.82 Å². The Hall–Kier alpha value is -1.32. The second-order valence-electron chi connectivity index (χ2n) is 5.25. The Kier molecular flexibility index (Phi) is 2.65. The summed E-state index contributed by atoms with van der Waals surface area (Å²) < 4.78 is 2.25. The molecular weight excluding hydrogens is 214 g/mol. The minimum Gasteiger partial charge on any atom is -0.354 e. The molecule has 2 fully saturated rings. The molecule has 1 aromatic heterocycles. The van der Waals surface area contributed by atoms with Crippen molar-refractivity contribution in [2.45, 2.75) is 45.1 Å². The average molecular weight is 233 g/mol. The Morgan fingerprint density at radius 3 is 2.88 bits per heavy atom. The lowest BCUT2D eigenvalue weighted by molar-refractivity contribution is -0.122. The number of nitrogens with zero attached hydrogens (tertiary/aromatic N) is 2. The van der Waals surface area contributed by atoms with Gasteiger partial charge in [0.05, 0.1) is 0 Å². The van der Waals surface area contributed by atoms with Gasteiger partial charge in [0.15, 0.2) is 0 Å². The summed E-state index contributed by atoms with van der Waals surface area (Å²) in [5, 5.41) is 3.01. The van der Waals surface area contributed by atoms with Gasteiger partial charge in [-0.25, -0.2) is 4.98 Å². The van der Waals surface area contributed by atoms with Crippen LogP contribution in [0.4, 0.5) is 0 Å². The monoisotopic (exact) mass is 233 g/mol. The summed E-state index contributed by atoms with van der Waals surface area (Å²) in [5.41, 5.74) is 1.20. The van der Waals surface area contributed by atoms with Gasteiger partial charge in [-0.1, -0.05) is 0 Å². The van der Waals surface area contributed by atoms with Gasteiger partial charge in [0, 0.05) is 36.8 Å². The lowest BCUT2D eigenvalue weighted by atomic mass is 10.3. The van der Waals surface area contributed by atoms with Gasteiger partial charge in [-0.3, -0.25) is 4.79 Å². The molecule has 0 saturated heterocycles. The summed E-state index contributed by atoms with van der Waals surface area (Å²) in [6, 6.07) is 0. The van der Waals surface area contributed by atoms with E-state index in [9.17, 15) is 4.79 Å². The molecule has 4 heteroatoms. The SMILES string of the molecule is Cc1cnc(C2CC2)n1CCNC(=O)C1CC1. The van der Waals surface area contributed by atoms with E-state index >= 15 is 0 Å². The van der Waals surface area contributed by atoms with E-state index in [2.05, 4.69) is 21.8 Å². The summed E-state index contributed by atoms with van der Waals surface area (Å²) in [6.07, 6.45) is 6.62. The van der Waals surface area contributed by atoms with E-state index < -0.39 is 0 Å². The molecule has 0 unspecified atom stereocenters. The van der Waals surface area contributed by atoms with Crippen LogP contribution in [0, 0.1) is 12.8 Å². The first-order valence-electron chi connectivity index (χ1n) is 6.55. The third-order valence-electron chi connectivity index (χ3n) is 3.61. The normalized spacial score (nSPS) is 19.4. The lowest BCUT2D eigenvalue weighted by Crippen LogP contribution is -2.29. The van der Waals surface area contributed by atoms with Crippen LogP contribution in [-0.2, 0) is 11.3 Å². The fourth-order valence-electron chi connectivity index (χ4n) is 2.22. The highest BCUT2D eigenvalue weighted by atomic mass is 16.2. The van der Waals surface area contributed by atoms with Gasteiger partial charge >= 0.3 is 0 Å². The van der Waals surface area contributed by atoms with Crippen LogP contribution in [0.5, 0.6) is 0 Å².